The van der Waals surface area contributed by atoms with Gasteiger partial charge in [-0.2, -0.15) is 8.62 Å². The number of amides is 1. The number of nitrogens with two attached hydrogens (primary N) is 1. The molecule has 1 saturated heterocycles. The molecular formula is C25H43N6O14P3S2. The summed E-state index contributed by atoms with van der Waals surface area (Å²) in [6.45, 7) is 6.96. The molecule has 0 spiro atoms. The van der Waals surface area contributed by atoms with Gasteiger partial charge in [0, 0.05) is 24.8 Å². The molecule has 1 amide bonds. The van der Waals surface area contributed by atoms with E-state index < -0.39 is 59.4 Å². The second kappa shape index (κ2) is 18.9. The summed E-state index contributed by atoms with van der Waals surface area (Å²) in [6, 6.07) is 0. The topological polar surface area (TPSA) is 285 Å². The average molecular weight is 809 g/mol. The van der Waals surface area contributed by atoms with Gasteiger partial charge in [-0.3, -0.25) is 14.1 Å². The van der Waals surface area contributed by atoms with Crippen molar-refractivity contribution in [3.05, 3.63) is 24.2 Å². The van der Waals surface area contributed by atoms with E-state index in [0.29, 0.717) is 6.54 Å². The van der Waals surface area contributed by atoms with Crippen LogP contribution in [0, 0.1) is 0 Å². The first-order valence-corrected chi connectivity index (χ1v) is 21.9. The van der Waals surface area contributed by atoms with Gasteiger partial charge in [0.25, 0.3) is 0 Å². The van der Waals surface area contributed by atoms with Gasteiger partial charge in [0.2, 0.25) is 0 Å². The fourth-order valence-corrected chi connectivity index (χ4v) is 9.93. The maximum Gasteiger partial charge on any atom is 0.490 e. The first kappa shape index (κ1) is 42.8. The number of ether oxygens (including phenoxy) is 3. The zero-order valence-electron chi connectivity index (χ0n) is 27.5. The molecule has 0 saturated carbocycles. The third-order valence-electron chi connectivity index (χ3n) is 6.98. The van der Waals surface area contributed by atoms with Gasteiger partial charge in [0.05, 0.1) is 19.0 Å². The lowest BCUT2D eigenvalue weighted by Gasteiger charge is -2.25. The monoisotopic (exact) mass is 808 g/mol. The number of phosphoric acid groups is 3. The number of nitrogens with one attached hydrogen (secondary N) is 1. The zero-order chi connectivity index (χ0) is 37.2. The van der Waals surface area contributed by atoms with Crippen molar-refractivity contribution in [3.63, 3.8) is 0 Å². The summed E-state index contributed by atoms with van der Waals surface area (Å²) in [6.07, 6.45) is 6.77. The molecule has 0 aromatic carbocycles. The summed E-state index contributed by atoms with van der Waals surface area (Å²) < 4.78 is 66.2. The molecular weight excluding hydrogens is 765 g/mol. The molecule has 0 bridgehead atoms. The van der Waals surface area contributed by atoms with Gasteiger partial charge in [-0.05, 0) is 52.7 Å². The number of rotatable bonds is 18. The molecule has 1 aliphatic carbocycles. The van der Waals surface area contributed by atoms with Crippen LogP contribution in [0.2, 0.25) is 0 Å². The highest BCUT2D eigenvalue weighted by Gasteiger charge is 2.44. The van der Waals surface area contributed by atoms with Crippen molar-refractivity contribution in [1.29, 1.82) is 0 Å². The van der Waals surface area contributed by atoms with Gasteiger partial charge in [-0.1, -0.05) is 33.7 Å². The molecule has 2 aliphatic rings. The van der Waals surface area contributed by atoms with Crippen molar-refractivity contribution in [3.8, 4) is 0 Å². The summed E-state index contributed by atoms with van der Waals surface area (Å²) >= 11 is 0. The lowest BCUT2D eigenvalue weighted by Crippen LogP contribution is -2.38. The van der Waals surface area contributed by atoms with Crippen molar-refractivity contribution >= 4 is 69.5 Å². The molecule has 284 valence electrons. The average Bonchev–Trinajstić information content (AvgIpc) is 3.60. The minimum atomic E-state index is -5.73. The highest BCUT2D eigenvalue weighted by atomic mass is 33.1. The quantitative estimate of drug-likeness (QED) is 0.0229. The molecule has 25 heteroatoms. The number of aromatic nitrogens is 2. The molecule has 2 heterocycles. The van der Waals surface area contributed by atoms with Gasteiger partial charge in [-0.15, -0.1) is 0 Å². The van der Waals surface area contributed by atoms with E-state index >= 15 is 0 Å². The van der Waals surface area contributed by atoms with Crippen LogP contribution in [0.25, 0.3) is 0 Å². The van der Waals surface area contributed by atoms with Gasteiger partial charge in [-0.25, -0.2) is 28.5 Å². The van der Waals surface area contributed by atoms with Gasteiger partial charge in [0.1, 0.15) is 35.9 Å². The van der Waals surface area contributed by atoms with E-state index in [2.05, 4.69) is 47.8 Å². The largest absolute Gasteiger partial charge is 0.490 e. The van der Waals surface area contributed by atoms with Crippen LogP contribution in [-0.2, 0) is 41.1 Å². The van der Waals surface area contributed by atoms with E-state index in [4.69, 9.17) is 34.3 Å². The number of amidine groups is 1. The molecule has 1 fully saturated rings. The van der Waals surface area contributed by atoms with E-state index in [1.54, 1.807) is 0 Å². The number of carbonyl (C=O) groups is 1. The normalized spacial score (nSPS) is 25.1. The molecule has 50 heavy (non-hydrogen) atoms. The Morgan fingerprint density at radius 1 is 1.18 bits per heavy atom. The fourth-order valence-electron chi connectivity index (χ4n) is 4.73. The summed E-state index contributed by atoms with van der Waals surface area (Å²) in [7, 11) is -12.5. The summed E-state index contributed by atoms with van der Waals surface area (Å²) in [4.78, 5) is 61.5. The predicted octanol–water partition coefficient (Wildman–Crippen LogP) is 4.30. The number of alkyl carbamates (subject to hydrolysis) is 1. The Morgan fingerprint density at radius 2 is 1.90 bits per heavy atom. The Bertz CT molecular complexity index is 1520. The Hall–Kier alpha value is -1.61. The number of phosphoric ester groups is 1. The highest BCUT2D eigenvalue weighted by Crippen LogP contribution is 2.66. The van der Waals surface area contributed by atoms with Crippen LogP contribution in [0.4, 0.5) is 10.6 Å². The van der Waals surface area contributed by atoms with Crippen molar-refractivity contribution < 1.29 is 65.4 Å². The van der Waals surface area contributed by atoms with E-state index in [0.717, 1.165) is 32.1 Å². The summed E-state index contributed by atoms with van der Waals surface area (Å²) in [5.41, 5.74) is 6.15. The standard InChI is InChI=1S/C25H43N6O14P3S2/c1-25(2,14-29-24(32)42-17-10-8-6-5-7-9-11-17)50-49-16-40-18-12-20(31-15-30-21(22(26)27-3)23(31)28-4)43-19(18)13-41-47(36,37)45-48(38,39)44-46(33,34)35/h5-6,15,17-20H,4,7-14,16H2,1-3H3,(H2,26,27)(H,29,32)(H,36,37)(H,38,39)(H2,33,34,35)/b6-5+/t17?,18?,19-,20-/m1/s1. The van der Waals surface area contributed by atoms with E-state index in [1.807, 2.05) is 13.8 Å². The van der Waals surface area contributed by atoms with E-state index in [9.17, 15) is 28.3 Å². The number of nitrogens with zero attached hydrogens (tertiary/aromatic N) is 4. The smallest absolute Gasteiger partial charge is 0.446 e. The minimum Gasteiger partial charge on any atom is -0.446 e. The lowest BCUT2D eigenvalue weighted by atomic mass is 10.0. The Balaban J connectivity index is 1.61. The third-order valence-corrected chi connectivity index (χ3v) is 13.7. The summed E-state index contributed by atoms with van der Waals surface area (Å²) in [5.74, 6) is 0.379. The van der Waals surface area contributed by atoms with Gasteiger partial charge in [0.15, 0.2) is 5.82 Å². The number of hydrogen-bond donors (Lipinski definition) is 6. The first-order valence-electron chi connectivity index (χ1n) is 15.1. The zero-order valence-corrected chi connectivity index (χ0v) is 31.8. The summed E-state index contributed by atoms with van der Waals surface area (Å²) in [5, 5.41) is 2.82. The molecule has 1 aliphatic heterocycles. The molecule has 3 rings (SSSR count). The second-order valence-electron chi connectivity index (χ2n) is 11.5. The maximum atomic E-state index is 12.4. The number of carbonyl (C=O) groups excluding carboxylic acids is 1. The van der Waals surface area contributed by atoms with Crippen LogP contribution < -0.4 is 11.1 Å². The fraction of sp³-hybridized carbons (Fsp3) is 0.680. The Morgan fingerprint density at radius 3 is 2.58 bits per heavy atom. The molecule has 4 unspecified atom stereocenters. The van der Waals surface area contributed by atoms with Gasteiger partial charge >= 0.3 is 29.6 Å². The van der Waals surface area contributed by atoms with Crippen LogP contribution in [0.5, 0.6) is 0 Å². The maximum absolute atomic E-state index is 12.4. The van der Waals surface area contributed by atoms with Crippen LogP contribution in [0.1, 0.15) is 64.3 Å². The van der Waals surface area contributed by atoms with Crippen LogP contribution in [0.15, 0.2) is 28.5 Å². The molecule has 1 aromatic heterocycles. The molecule has 20 nitrogen and oxygen atoms in total. The number of allylic oxidation sites excluding steroid dienone is 2. The van der Waals surface area contributed by atoms with Crippen LogP contribution >= 0.6 is 45.1 Å². The number of aliphatic imine (C=N–C) groups is 2. The molecule has 1 aromatic rings. The minimum absolute atomic E-state index is 0.0808. The van der Waals surface area contributed by atoms with Crippen molar-refractivity contribution in [2.45, 2.75) is 81.7 Å². The van der Waals surface area contributed by atoms with Crippen molar-refractivity contribution in [2.24, 2.45) is 15.7 Å². The molecule has 0 radical (unpaired) electrons. The van der Waals surface area contributed by atoms with Crippen molar-refractivity contribution in [1.82, 2.24) is 14.9 Å². The third kappa shape index (κ3) is 14.4. The second-order valence-corrected chi connectivity index (χ2v) is 18.9. The van der Waals surface area contributed by atoms with Crippen LogP contribution in [-0.4, -0.2) is 97.0 Å². The molecule has 6 atom stereocenters. The van der Waals surface area contributed by atoms with E-state index in [-0.39, 0.29) is 35.8 Å². The van der Waals surface area contributed by atoms with Crippen LogP contribution in [0.3, 0.4) is 0 Å². The molecule has 7 N–H and O–H groups in total. The number of imidazole rings is 1. The lowest BCUT2D eigenvalue weighted by molar-refractivity contribution is -0.0526. The van der Waals surface area contributed by atoms with Crippen molar-refractivity contribution in [2.75, 3.05) is 26.1 Å². The van der Waals surface area contributed by atoms with Gasteiger partial charge < -0.3 is 44.8 Å². The Kier molecular flexibility index (Phi) is 16.2. The number of hydrogen-bond acceptors (Lipinski definition) is 15. The SMILES string of the molecule is C=Nc1c(C(N)=NC)ncn1[C@H]1CC(OCSSC(C)(C)CNC(=O)OC2CC/C=C/CCC2)[C@@H](COP(=O)(O)OP(=O)(O)OP(=O)(O)O)O1. The first-order chi connectivity index (χ1) is 23.3. The predicted molar refractivity (Wildman–Crippen MR) is 186 cm³/mol. The Labute approximate surface area is 296 Å². The highest BCUT2D eigenvalue weighted by molar-refractivity contribution is 8.77. The van der Waals surface area contributed by atoms with E-state index in [1.165, 1.54) is 39.5 Å².